The molecule has 156 valence electrons. The van der Waals surface area contributed by atoms with Crippen molar-refractivity contribution in [2.75, 3.05) is 26.4 Å². The van der Waals surface area contributed by atoms with E-state index in [9.17, 15) is 19.2 Å². The van der Waals surface area contributed by atoms with Crippen molar-refractivity contribution in [1.29, 1.82) is 0 Å². The molecular weight excluding hydrogens is 360 g/mol. The number of aliphatic hydroxyl groups is 1. The third-order valence-electron chi connectivity index (χ3n) is 3.44. The third-order valence-corrected chi connectivity index (χ3v) is 3.44. The van der Waals surface area contributed by atoms with Gasteiger partial charge in [0.05, 0.1) is 32.7 Å². The van der Waals surface area contributed by atoms with Crippen molar-refractivity contribution in [1.82, 2.24) is 0 Å². The van der Waals surface area contributed by atoms with E-state index in [4.69, 9.17) is 24.4 Å². The Morgan fingerprint density at radius 3 is 1.41 bits per heavy atom. The SMILES string of the molecule is O=C(O)CCCCC(=O)OCCCCOC(=O)CCC(=O)OCCCCO. The van der Waals surface area contributed by atoms with Crippen LogP contribution >= 0.6 is 0 Å². The third kappa shape index (κ3) is 18.4. The standard InChI is InChI=1S/C18H30O9/c19-11-3-4-12-26-17(23)9-10-18(24)27-14-6-5-13-25-16(22)8-2-1-7-15(20)21/h19H,1-14H2,(H,20,21). The Bertz CT molecular complexity index is 448. The number of carbonyl (C=O) groups excluding carboxylic acids is 3. The van der Waals surface area contributed by atoms with Gasteiger partial charge in [0.2, 0.25) is 0 Å². The molecule has 0 radical (unpaired) electrons. The maximum Gasteiger partial charge on any atom is 0.306 e. The van der Waals surface area contributed by atoms with Gasteiger partial charge in [0.15, 0.2) is 0 Å². The zero-order chi connectivity index (χ0) is 20.3. The predicted octanol–water partition coefficient (Wildman–Crippen LogP) is 1.59. The van der Waals surface area contributed by atoms with E-state index < -0.39 is 17.9 Å². The summed E-state index contributed by atoms with van der Waals surface area (Å²) in [6.07, 6.45) is 3.28. The van der Waals surface area contributed by atoms with E-state index in [-0.39, 0.29) is 58.1 Å². The summed E-state index contributed by atoms with van der Waals surface area (Å²) in [6, 6.07) is 0. The van der Waals surface area contributed by atoms with Gasteiger partial charge in [-0.2, -0.15) is 0 Å². The van der Waals surface area contributed by atoms with Crippen molar-refractivity contribution in [3.8, 4) is 0 Å². The highest BCUT2D eigenvalue weighted by atomic mass is 16.5. The molecule has 0 aliphatic heterocycles. The molecule has 0 unspecified atom stereocenters. The van der Waals surface area contributed by atoms with Crippen LogP contribution in [0.2, 0.25) is 0 Å². The molecule has 0 rings (SSSR count). The first-order chi connectivity index (χ1) is 13.0. The van der Waals surface area contributed by atoms with E-state index in [0.717, 1.165) is 0 Å². The molecule has 27 heavy (non-hydrogen) atoms. The number of ether oxygens (including phenoxy) is 3. The smallest absolute Gasteiger partial charge is 0.306 e. The van der Waals surface area contributed by atoms with Gasteiger partial charge >= 0.3 is 23.9 Å². The Morgan fingerprint density at radius 2 is 0.963 bits per heavy atom. The summed E-state index contributed by atoms with van der Waals surface area (Å²) in [5.74, 6) is -2.21. The molecule has 9 nitrogen and oxygen atoms in total. The Balaban J connectivity index is 3.46. The molecule has 0 bridgehead atoms. The number of unbranched alkanes of at least 4 members (excludes halogenated alkanes) is 3. The van der Waals surface area contributed by atoms with Gasteiger partial charge in [0.25, 0.3) is 0 Å². The highest BCUT2D eigenvalue weighted by Crippen LogP contribution is 2.03. The lowest BCUT2D eigenvalue weighted by Gasteiger charge is -2.06. The lowest BCUT2D eigenvalue weighted by molar-refractivity contribution is -0.150. The number of carboxylic acids is 1. The Morgan fingerprint density at radius 1 is 0.556 bits per heavy atom. The summed E-state index contributed by atoms with van der Waals surface area (Å²) in [6.45, 7) is 0.679. The normalized spacial score (nSPS) is 10.3. The molecule has 0 saturated carbocycles. The van der Waals surface area contributed by atoms with Crippen LogP contribution in [0.3, 0.4) is 0 Å². The molecule has 0 fully saturated rings. The second-order valence-corrected chi connectivity index (χ2v) is 5.90. The van der Waals surface area contributed by atoms with Gasteiger partial charge in [-0.25, -0.2) is 0 Å². The van der Waals surface area contributed by atoms with Crippen molar-refractivity contribution in [3.05, 3.63) is 0 Å². The number of hydrogen-bond acceptors (Lipinski definition) is 8. The van der Waals surface area contributed by atoms with Crippen LogP contribution in [0.4, 0.5) is 0 Å². The van der Waals surface area contributed by atoms with E-state index in [1.807, 2.05) is 0 Å². The fraction of sp³-hybridized carbons (Fsp3) is 0.778. The maximum absolute atomic E-state index is 11.5. The fourth-order valence-electron chi connectivity index (χ4n) is 1.94. The first-order valence-corrected chi connectivity index (χ1v) is 9.25. The lowest BCUT2D eigenvalue weighted by Crippen LogP contribution is -2.12. The molecule has 0 aromatic rings. The second kappa shape index (κ2) is 17.3. The largest absolute Gasteiger partial charge is 0.481 e. The Kier molecular flexibility index (Phi) is 15.9. The summed E-state index contributed by atoms with van der Waals surface area (Å²) in [7, 11) is 0. The van der Waals surface area contributed by atoms with E-state index in [1.54, 1.807) is 0 Å². The number of hydrogen-bond donors (Lipinski definition) is 2. The van der Waals surface area contributed by atoms with Crippen LogP contribution in [0, 0.1) is 0 Å². The molecule has 9 heteroatoms. The van der Waals surface area contributed by atoms with E-state index in [2.05, 4.69) is 0 Å². The van der Waals surface area contributed by atoms with Crippen molar-refractivity contribution in [3.63, 3.8) is 0 Å². The van der Waals surface area contributed by atoms with E-state index >= 15 is 0 Å². The van der Waals surface area contributed by atoms with Crippen LogP contribution in [0.5, 0.6) is 0 Å². The topological polar surface area (TPSA) is 136 Å². The van der Waals surface area contributed by atoms with Crippen LogP contribution in [0.15, 0.2) is 0 Å². The molecule has 0 saturated heterocycles. The Labute approximate surface area is 159 Å². The van der Waals surface area contributed by atoms with Gasteiger partial charge < -0.3 is 24.4 Å². The molecule has 0 aromatic carbocycles. The first kappa shape index (κ1) is 24.8. The monoisotopic (exact) mass is 390 g/mol. The average Bonchev–Trinajstić information content (AvgIpc) is 2.63. The van der Waals surface area contributed by atoms with Crippen LogP contribution in [0.25, 0.3) is 0 Å². The number of carbonyl (C=O) groups is 4. The zero-order valence-electron chi connectivity index (χ0n) is 15.7. The van der Waals surface area contributed by atoms with Gasteiger partial charge in [0, 0.05) is 19.4 Å². The van der Waals surface area contributed by atoms with Crippen LogP contribution in [-0.2, 0) is 33.4 Å². The molecule has 0 amide bonds. The van der Waals surface area contributed by atoms with Crippen LogP contribution in [0.1, 0.15) is 64.2 Å². The van der Waals surface area contributed by atoms with Gasteiger partial charge in [0.1, 0.15) is 0 Å². The highest BCUT2D eigenvalue weighted by Gasteiger charge is 2.09. The number of carboxylic acid groups (broad SMARTS) is 1. The van der Waals surface area contributed by atoms with Crippen molar-refractivity contribution >= 4 is 23.9 Å². The van der Waals surface area contributed by atoms with Crippen molar-refractivity contribution in [2.24, 2.45) is 0 Å². The molecule has 0 atom stereocenters. The predicted molar refractivity (Wildman–Crippen MR) is 93.8 cm³/mol. The quantitative estimate of drug-likeness (QED) is 0.215. The van der Waals surface area contributed by atoms with Gasteiger partial charge in [-0.1, -0.05) is 0 Å². The van der Waals surface area contributed by atoms with E-state index in [0.29, 0.717) is 38.5 Å². The van der Waals surface area contributed by atoms with Crippen LogP contribution < -0.4 is 0 Å². The minimum atomic E-state index is -0.882. The highest BCUT2D eigenvalue weighted by molar-refractivity contribution is 5.77. The number of rotatable bonds is 17. The summed E-state index contributed by atoms with van der Waals surface area (Å²) in [5.41, 5.74) is 0. The minimum Gasteiger partial charge on any atom is -0.481 e. The van der Waals surface area contributed by atoms with Crippen molar-refractivity contribution in [2.45, 2.75) is 64.2 Å². The number of aliphatic carboxylic acids is 1. The number of esters is 3. The number of aliphatic hydroxyl groups excluding tert-OH is 1. The van der Waals surface area contributed by atoms with Crippen molar-refractivity contribution < 1.29 is 43.6 Å². The molecule has 0 spiro atoms. The maximum atomic E-state index is 11.5. The van der Waals surface area contributed by atoms with Crippen LogP contribution in [-0.4, -0.2) is 60.5 Å². The van der Waals surface area contributed by atoms with Gasteiger partial charge in [-0.3, -0.25) is 19.2 Å². The van der Waals surface area contributed by atoms with Gasteiger partial charge in [-0.15, -0.1) is 0 Å². The fourth-order valence-corrected chi connectivity index (χ4v) is 1.94. The molecule has 0 heterocycles. The molecule has 0 aliphatic rings. The lowest BCUT2D eigenvalue weighted by atomic mass is 10.2. The summed E-state index contributed by atoms with van der Waals surface area (Å²) >= 11 is 0. The Hall–Kier alpha value is -2.16. The molecule has 2 N–H and O–H groups in total. The second-order valence-electron chi connectivity index (χ2n) is 5.90. The summed E-state index contributed by atoms with van der Waals surface area (Å²) < 4.78 is 14.8. The zero-order valence-corrected chi connectivity index (χ0v) is 15.7. The molecule has 0 aromatic heterocycles. The summed E-state index contributed by atoms with van der Waals surface area (Å²) in [4.78, 5) is 44.5. The van der Waals surface area contributed by atoms with Gasteiger partial charge in [-0.05, 0) is 38.5 Å². The molecule has 0 aliphatic carbocycles. The average molecular weight is 390 g/mol. The molecular formula is C18H30O9. The summed E-state index contributed by atoms with van der Waals surface area (Å²) in [5, 5.41) is 17.1. The minimum absolute atomic E-state index is 0.0417. The first-order valence-electron chi connectivity index (χ1n) is 9.25. The van der Waals surface area contributed by atoms with E-state index in [1.165, 1.54) is 0 Å².